The normalized spacial score (nSPS) is 12.5. The number of hydrogen-bond donors (Lipinski definition) is 0. The van der Waals surface area contributed by atoms with E-state index in [0.717, 1.165) is 34.2 Å². The van der Waals surface area contributed by atoms with Crippen LogP contribution in [0.3, 0.4) is 0 Å². The molecule has 0 spiro atoms. The number of para-hydroxylation sites is 3. The average molecular weight is 1560 g/mol. The Morgan fingerprint density at radius 3 is 1.23 bits per heavy atom. The zero-order chi connectivity index (χ0) is 63.3. The van der Waals surface area contributed by atoms with E-state index in [-0.39, 0.29) is 40.2 Å². The number of anilines is 3. The summed E-state index contributed by atoms with van der Waals surface area (Å²) in [6, 6.07) is 69.8. The maximum atomic E-state index is 4.79. The molecule has 0 radical (unpaired) electrons. The summed E-state index contributed by atoms with van der Waals surface area (Å²) in [5, 5.41) is 0. The van der Waals surface area contributed by atoms with Gasteiger partial charge in [-0.2, -0.15) is 67.3 Å². The summed E-state index contributed by atoms with van der Waals surface area (Å²) in [5.74, 6) is 4.61. The third kappa shape index (κ3) is 17.4. The predicted molar refractivity (Wildman–Crippen MR) is 374 cm³/mol. The van der Waals surface area contributed by atoms with Gasteiger partial charge in [0.2, 0.25) is 0 Å². The van der Waals surface area contributed by atoms with Crippen LogP contribution in [0.1, 0.15) is 163 Å². The van der Waals surface area contributed by atoms with E-state index >= 15 is 0 Å². The van der Waals surface area contributed by atoms with Crippen molar-refractivity contribution < 1.29 is 40.2 Å². The zero-order valence-corrected chi connectivity index (χ0v) is 60.4. The molecule has 12 rings (SSSR count). The van der Waals surface area contributed by atoms with Gasteiger partial charge in [-0.05, 0) is 131 Å². The number of imidazole rings is 2. The van der Waals surface area contributed by atoms with E-state index in [0.29, 0.717) is 35.5 Å². The second kappa shape index (κ2) is 32.9. The van der Waals surface area contributed by atoms with Gasteiger partial charge in [0.05, 0.1) is 11.6 Å². The van der Waals surface area contributed by atoms with Crippen molar-refractivity contribution in [1.29, 1.82) is 0 Å². The van der Waals surface area contributed by atoms with E-state index in [4.69, 9.17) is 4.98 Å². The van der Waals surface area contributed by atoms with Crippen molar-refractivity contribution in [2.75, 3.05) is 21.7 Å². The minimum absolute atomic E-state index is 0. The number of aromatic nitrogens is 4. The van der Waals surface area contributed by atoms with Gasteiger partial charge in [-0.1, -0.05) is 156 Å². The van der Waals surface area contributed by atoms with E-state index in [1.165, 1.54) is 72.7 Å². The standard InChI is InChI=1S/C30H33N2.C24H29N2.C17H16N2.C10H10N2.2Ir/c1-20(2)26-18-27(21(3)4)29(28(19-26)22(5)6)32-16-15-31-30(32)25-14-10-13-24(17-25)23-11-8-7-9-12-23;1-16(2)20-14-21(17(3)4)23(22(15-20)18(5)6)26-13-12-25-24(26)19-10-8-7-9-11-19;1-14-7-6-8-15(2)17(14)19-12-11-18(13-19)16-9-4-3-5-10-16;1-11-7-8-12(9-11)10-5-3-2-4-6-10;;/h7-13,15-22H,1-6H3;7-10,12-18H,1-6H3;3-9,11-13H,1-2H3;2-5,7-9H,1H3;;/q2*-1;2*-2;2*+3. The van der Waals surface area contributed by atoms with Crippen LogP contribution in [-0.2, 0) is 40.2 Å². The van der Waals surface area contributed by atoms with Crippen LogP contribution in [-0.4, -0.2) is 31.0 Å². The van der Waals surface area contributed by atoms with Gasteiger partial charge >= 0.3 is 40.2 Å². The summed E-state index contributed by atoms with van der Waals surface area (Å²) in [6.07, 6.45) is 16.1. The Labute approximate surface area is 572 Å². The fraction of sp³-hybridized carbons (Fsp3) is 0.259. The topological polar surface area (TPSA) is 48.6 Å². The summed E-state index contributed by atoms with van der Waals surface area (Å²) in [4.78, 5) is 17.7. The van der Waals surface area contributed by atoms with Crippen LogP contribution in [0.5, 0.6) is 0 Å². The van der Waals surface area contributed by atoms with E-state index in [9.17, 15) is 0 Å². The molecule has 10 heteroatoms. The summed E-state index contributed by atoms with van der Waals surface area (Å²) >= 11 is 0. The van der Waals surface area contributed by atoms with Gasteiger partial charge < -0.3 is 28.7 Å². The summed E-state index contributed by atoms with van der Waals surface area (Å²) in [6.45, 7) is 35.7. The summed E-state index contributed by atoms with van der Waals surface area (Å²) < 4.78 is 4.52. The quantitative estimate of drug-likeness (QED) is 0.101. The van der Waals surface area contributed by atoms with Crippen molar-refractivity contribution in [2.45, 2.75) is 132 Å². The second-order valence-corrected chi connectivity index (χ2v) is 24.8. The van der Waals surface area contributed by atoms with Crippen molar-refractivity contribution in [2.24, 2.45) is 0 Å². The van der Waals surface area contributed by atoms with E-state index in [1.54, 1.807) is 0 Å². The van der Waals surface area contributed by atoms with Crippen LogP contribution < -0.4 is 14.7 Å². The molecule has 0 amide bonds. The molecule has 10 aromatic rings. The first-order valence-corrected chi connectivity index (χ1v) is 31.5. The monoisotopic (exact) mass is 1560 g/mol. The van der Waals surface area contributed by atoms with Gasteiger partial charge in [0.1, 0.15) is 0 Å². The van der Waals surface area contributed by atoms with Crippen LogP contribution in [0.15, 0.2) is 213 Å². The van der Waals surface area contributed by atoms with Crippen molar-refractivity contribution in [3.63, 3.8) is 0 Å². The molecule has 0 N–H and O–H groups in total. The minimum atomic E-state index is 0. The summed E-state index contributed by atoms with van der Waals surface area (Å²) in [5.41, 5.74) is 21.2. The maximum absolute atomic E-state index is 4.79. The Bertz CT molecular complexity index is 3860. The molecular formula is C81H88Ir2N8. The van der Waals surface area contributed by atoms with Gasteiger partial charge in [0.25, 0.3) is 0 Å². The molecule has 2 aliphatic rings. The van der Waals surface area contributed by atoms with Crippen LogP contribution in [0.25, 0.3) is 45.3 Å². The van der Waals surface area contributed by atoms with Crippen LogP contribution >= 0.6 is 0 Å². The Kier molecular flexibility index (Phi) is 25.6. The number of hydrogen-bond acceptors (Lipinski definition) is 6. The molecule has 0 unspecified atom stereocenters. The molecule has 91 heavy (non-hydrogen) atoms. The second-order valence-electron chi connectivity index (χ2n) is 24.8. The third-order valence-electron chi connectivity index (χ3n) is 16.1. The van der Waals surface area contributed by atoms with Gasteiger partial charge in [-0.15, -0.1) is 89.3 Å². The first-order chi connectivity index (χ1) is 42.9. The van der Waals surface area contributed by atoms with Crippen molar-refractivity contribution in [1.82, 2.24) is 24.0 Å². The Hall–Kier alpha value is -7.84. The smallest absolute Gasteiger partial charge is 0.510 e. The number of benzene rings is 8. The minimum Gasteiger partial charge on any atom is -0.510 e. The molecule has 8 nitrogen and oxygen atoms in total. The fourth-order valence-electron chi connectivity index (χ4n) is 11.2. The predicted octanol–water partition coefficient (Wildman–Crippen LogP) is 20.9. The van der Waals surface area contributed by atoms with Gasteiger partial charge in [-0.25, -0.2) is 0 Å². The van der Waals surface area contributed by atoms with Gasteiger partial charge in [0, 0.05) is 41.8 Å². The molecule has 0 fully saturated rings. The first-order valence-electron chi connectivity index (χ1n) is 31.5. The third-order valence-corrected chi connectivity index (χ3v) is 16.1. The zero-order valence-electron chi connectivity index (χ0n) is 55.6. The van der Waals surface area contributed by atoms with Crippen LogP contribution in [0, 0.1) is 51.5 Å². The molecule has 0 aliphatic carbocycles. The molecular weight excluding hydrogens is 1470 g/mol. The Balaban J connectivity index is 0.000000179. The molecule has 0 bridgehead atoms. The number of aryl methyl sites for hydroxylation is 2. The number of nitrogens with zero attached hydrogens (tertiary/aromatic N) is 8. The van der Waals surface area contributed by atoms with Crippen LogP contribution in [0.4, 0.5) is 17.1 Å². The molecule has 4 heterocycles. The Morgan fingerprint density at radius 2 is 0.802 bits per heavy atom. The van der Waals surface area contributed by atoms with Gasteiger partial charge in [-0.3, -0.25) is 9.97 Å². The van der Waals surface area contributed by atoms with E-state index < -0.39 is 0 Å². The largest absolute Gasteiger partial charge is 3.00 e. The average Bonchev–Trinajstić information content (AvgIpc) is 1.80. The SMILES string of the molecule is CC(C)c1cc(C(C)C)c(-n2ccnc2-c2[c-]ccc(-c3ccccc3)c2)c(C(C)C)c1.CC(C)c1cc(C(C)C)c(-n2ccnc2-c2[c-]cccc2)c(C(C)C)c1.CN1C=CN(c2[c-]cccc2)[CH-]1.Cc1cccc(C)c1N1C=CN(c2[c-]cccc2)[CH-]1.[Ir+3].[Ir+3]. The van der Waals surface area contributed by atoms with Crippen molar-refractivity contribution in [3.8, 4) is 45.3 Å². The molecule has 0 saturated carbocycles. The fourth-order valence-corrected chi connectivity index (χ4v) is 11.2. The molecule has 8 aromatic carbocycles. The van der Waals surface area contributed by atoms with E-state index in [2.05, 4.69) is 268 Å². The molecule has 2 aliphatic heterocycles. The molecule has 470 valence electrons. The molecule has 0 saturated heterocycles. The number of rotatable bonds is 14. The summed E-state index contributed by atoms with van der Waals surface area (Å²) in [7, 11) is 2.00. The molecule has 0 atom stereocenters. The van der Waals surface area contributed by atoms with E-state index in [1.807, 2.05) is 121 Å². The van der Waals surface area contributed by atoms with Crippen molar-refractivity contribution in [3.05, 3.63) is 295 Å². The molecule has 2 aromatic heterocycles. The van der Waals surface area contributed by atoms with Crippen molar-refractivity contribution >= 4 is 17.1 Å². The maximum Gasteiger partial charge on any atom is 3.00 e. The van der Waals surface area contributed by atoms with Gasteiger partial charge in [0.15, 0.2) is 0 Å². The van der Waals surface area contributed by atoms with Crippen LogP contribution in [0.2, 0.25) is 0 Å². The first kappa shape index (κ1) is 70.6. The Morgan fingerprint density at radius 1 is 0.374 bits per heavy atom.